The molecule has 9 nitrogen and oxygen atoms in total. The van der Waals surface area contributed by atoms with Gasteiger partial charge in [-0.1, -0.05) is 0 Å². The van der Waals surface area contributed by atoms with E-state index in [1.54, 1.807) is 12.3 Å². The van der Waals surface area contributed by atoms with Gasteiger partial charge in [-0.3, -0.25) is 14.8 Å². The number of pyridine rings is 1. The van der Waals surface area contributed by atoms with Crippen LogP contribution in [0.25, 0.3) is 10.8 Å². The Morgan fingerprint density at radius 1 is 1.17 bits per heavy atom. The van der Waals surface area contributed by atoms with Crippen molar-refractivity contribution in [3.8, 4) is 5.88 Å². The molecule has 222 valence electrons. The lowest BCUT2D eigenvalue weighted by atomic mass is 9.96. The number of alkyl halides is 3. The number of aliphatic imine (C=N–C) groups is 1. The number of carboxylic acids is 1. The van der Waals surface area contributed by atoms with Crippen LogP contribution >= 0.6 is 22.6 Å². The summed E-state index contributed by atoms with van der Waals surface area (Å²) in [6.07, 6.45) is -1.06. The summed E-state index contributed by atoms with van der Waals surface area (Å²) < 4.78 is 32.7. The Kier molecular flexibility index (Phi) is 11.5. The van der Waals surface area contributed by atoms with Crippen LogP contribution in [0.1, 0.15) is 18.4 Å². The number of piperidine rings is 1. The van der Waals surface area contributed by atoms with E-state index in [0.717, 1.165) is 47.9 Å². The van der Waals surface area contributed by atoms with Gasteiger partial charge in [-0.25, -0.2) is 4.79 Å². The second-order valence-electron chi connectivity index (χ2n) is 9.92. The van der Waals surface area contributed by atoms with Crippen molar-refractivity contribution in [2.75, 3.05) is 51.7 Å². The van der Waals surface area contributed by atoms with Gasteiger partial charge >= 0.3 is 12.1 Å². The van der Waals surface area contributed by atoms with Gasteiger partial charge in [0.05, 0.1) is 11.3 Å². The van der Waals surface area contributed by atoms with Gasteiger partial charge < -0.3 is 25.3 Å². The SMILES string of the molecule is CN(C)CCNCC1CCN(c2ccc(N=Cc3c(O)[nH]c(=O)c4ccc(I)cc34)cc2)CC1.O=C(O)C(F)(F)F. The lowest BCUT2D eigenvalue weighted by Gasteiger charge is -2.34. The predicted molar refractivity (Wildman–Crippen MR) is 163 cm³/mol. The maximum atomic E-state index is 12.2. The minimum Gasteiger partial charge on any atom is -0.494 e. The van der Waals surface area contributed by atoms with E-state index in [0.29, 0.717) is 16.3 Å². The molecule has 0 radical (unpaired) electrons. The van der Waals surface area contributed by atoms with E-state index in [1.165, 1.54) is 18.5 Å². The summed E-state index contributed by atoms with van der Waals surface area (Å²) in [5.41, 5.74) is 2.22. The van der Waals surface area contributed by atoms with Crippen LogP contribution in [0.5, 0.6) is 5.88 Å². The quantitative estimate of drug-likeness (QED) is 0.155. The summed E-state index contributed by atoms with van der Waals surface area (Å²) in [5, 5.41) is 22.3. The van der Waals surface area contributed by atoms with Gasteiger partial charge in [-0.05, 0) is 104 Å². The third-order valence-corrected chi connectivity index (χ3v) is 7.26. The number of nitrogens with one attached hydrogen (secondary N) is 2. The number of benzene rings is 2. The van der Waals surface area contributed by atoms with Gasteiger partial charge in [0, 0.05) is 52.4 Å². The Morgan fingerprint density at radius 2 is 1.80 bits per heavy atom. The Balaban J connectivity index is 0.000000587. The topological polar surface area (TPSA) is 121 Å². The molecule has 0 spiro atoms. The number of hydrogen-bond donors (Lipinski definition) is 4. The van der Waals surface area contributed by atoms with Crippen LogP contribution < -0.4 is 15.8 Å². The van der Waals surface area contributed by atoms with Crippen molar-refractivity contribution < 1.29 is 28.2 Å². The standard InChI is InChI=1S/C26H32IN5O2.C2HF3O2/c1-31(2)14-11-28-16-18-9-12-32(13-10-18)21-6-4-20(5-7-21)29-17-24-23-15-19(27)3-8-22(23)25(33)30-26(24)34;3-2(4,5)1(6)7/h3-8,15,17-18,28H,9-14,16H2,1-2H3,(H2,30,33,34);(H,6,7). The molecule has 3 aromatic rings. The van der Waals surface area contributed by atoms with Gasteiger partial charge in [-0.15, -0.1) is 0 Å². The summed E-state index contributed by atoms with van der Waals surface area (Å²) in [6, 6.07) is 13.7. The Morgan fingerprint density at radius 3 is 2.39 bits per heavy atom. The van der Waals surface area contributed by atoms with Crippen LogP contribution in [-0.4, -0.2) is 85.3 Å². The number of carboxylic acid groups (broad SMARTS) is 1. The van der Waals surface area contributed by atoms with Crippen LogP contribution in [-0.2, 0) is 4.79 Å². The first kappa shape index (κ1) is 32.3. The number of likely N-dealkylation sites (N-methyl/N-ethyl adjacent to an activating group) is 1. The smallest absolute Gasteiger partial charge is 0.490 e. The summed E-state index contributed by atoms with van der Waals surface area (Å²) in [5.74, 6) is -2.18. The molecule has 0 atom stereocenters. The molecule has 0 bridgehead atoms. The van der Waals surface area contributed by atoms with Crippen molar-refractivity contribution in [2.24, 2.45) is 10.9 Å². The molecular formula is C28H33F3IN5O4. The van der Waals surface area contributed by atoms with Gasteiger partial charge in [0.15, 0.2) is 0 Å². The maximum absolute atomic E-state index is 12.2. The number of aromatic nitrogens is 1. The average Bonchev–Trinajstić information content (AvgIpc) is 2.91. The van der Waals surface area contributed by atoms with Crippen LogP contribution in [0.4, 0.5) is 24.5 Å². The van der Waals surface area contributed by atoms with Gasteiger partial charge in [0.1, 0.15) is 0 Å². The van der Waals surface area contributed by atoms with Crippen LogP contribution in [0, 0.1) is 9.49 Å². The van der Waals surface area contributed by atoms with Crippen molar-refractivity contribution in [2.45, 2.75) is 19.0 Å². The third-order valence-electron chi connectivity index (χ3n) is 6.59. The number of carbonyl (C=O) groups is 1. The second kappa shape index (κ2) is 14.6. The number of anilines is 1. The third kappa shape index (κ3) is 9.71. The van der Waals surface area contributed by atoms with Gasteiger partial charge in [-0.2, -0.15) is 13.2 Å². The van der Waals surface area contributed by atoms with Crippen LogP contribution in [0.15, 0.2) is 52.3 Å². The molecule has 41 heavy (non-hydrogen) atoms. The van der Waals surface area contributed by atoms with Gasteiger partial charge in [0.2, 0.25) is 5.88 Å². The van der Waals surface area contributed by atoms with E-state index >= 15 is 0 Å². The first-order valence-electron chi connectivity index (χ1n) is 12.9. The average molecular weight is 688 g/mol. The highest BCUT2D eigenvalue weighted by Gasteiger charge is 2.38. The molecular weight excluding hydrogens is 654 g/mol. The summed E-state index contributed by atoms with van der Waals surface area (Å²) in [4.78, 5) is 32.8. The Hall–Kier alpha value is -3.17. The molecule has 1 aliphatic rings. The van der Waals surface area contributed by atoms with E-state index in [4.69, 9.17) is 9.90 Å². The number of hydrogen-bond acceptors (Lipinski definition) is 7. The number of fused-ring (bicyclic) bond motifs is 1. The molecule has 2 aromatic carbocycles. The molecule has 0 amide bonds. The zero-order chi connectivity index (χ0) is 30.2. The molecule has 2 heterocycles. The van der Waals surface area contributed by atoms with E-state index in [1.807, 2.05) is 24.3 Å². The second-order valence-corrected chi connectivity index (χ2v) is 11.2. The first-order chi connectivity index (χ1) is 19.3. The minimum absolute atomic E-state index is 0.168. The van der Waals surface area contributed by atoms with Gasteiger partial charge in [0.25, 0.3) is 5.56 Å². The number of aromatic amines is 1. The summed E-state index contributed by atoms with van der Waals surface area (Å²) in [6.45, 7) is 5.35. The maximum Gasteiger partial charge on any atom is 0.490 e. The molecule has 1 aliphatic heterocycles. The molecule has 4 N–H and O–H groups in total. The monoisotopic (exact) mass is 687 g/mol. The minimum atomic E-state index is -5.08. The van der Waals surface area contributed by atoms with Crippen molar-refractivity contribution in [1.29, 1.82) is 0 Å². The number of rotatable bonds is 8. The molecule has 0 saturated carbocycles. The normalized spacial score (nSPS) is 14.5. The largest absolute Gasteiger partial charge is 0.494 e. The predicted octanol–water partition coefficient (Wildman–Crippen LogP) is 4.59. The highest BCUT2D eigenvalue weighted by Crippen LogP contribution is 2.27. The van der Waals surface area contributed by atoms with Crippen molar-refractivity contribution in [3.63, 3.8) is 0 Å². The summed E-state index contributed by atoms with van der Waals surface area (Å²) in [7, 11) is 4.21. The molecule has 1 saturated heterocycles. The molecule has 0 aliphatic carbocycles. The highest BCUT2D eigenvalue weighted by molar-refractivity contribution is 14.1. The molecule has 0 unspecified atom stereocenters. The fraction of sp³-hybridized carbons (Fsp3) is 0.393. The Labute approximate surface area is 249 Å². The zero-order valence-corrected chi connectivity index (χ0v) is 24.9. The van der Waals surface area contributed by atoms with Crippen molar-refractivity contribution in [1.82, 2.24) is 15.2 Å². The number of aromatic hydroxyl groups is 1. The van der Waals surface area contributed by atoms with E-state index in [9.17, 15) is 23.1 Å². The van der Waals surface area contributed by atoms with E-state index in [2.05, 4.69) is 73.9 Å². The molecule has 1 aromatic heterocycles. The fourth-order valence-electron chi connectivity index (χ4n) is 4.33. The zero-order valence-electron chi connectivity index (χ0n) is 22.7. The van der Waals surface area contributed by atoms with Crippen LogP contribution in [0.2, 0.25) is 0 Å². The van der Waals surface area contributed by atoms with E-state index in [-0.39, 0.29) is 11.4 Å². The molecule has 1 fully saturated rings. The highest BCUT2D eigenvalue weighted by atomic mass is 127. The number of nitrogens with zero attached hydrogens (tertiary/aromatic N) is 3. The summed E-state index contributed by atoms with van der Waals surface area (Å²) >= 11 is 2.20. The number of halogens is 4. The molecule has 4 rings (SSSR count). The first-order valence-corrected chi connectivity index (χ1v) is 14.0. The lowest BCUT2D eigenvalue weighted by molar-refractivity contribution is -0.192. The van der Waals surface area contributed by atoms with Crippen molar-refractivity contribution in [3.05, 3.63) is 62.0 Å². The van der Waals surface area contributed by atoms with Crippen LogP contribution in [0.3, 0.4) is 0 Å². The van der Waals surface area contributed by atoms with E-state index < -0.39 is 12.1 Å². The van der Waals surface area contributed by atoms with Crippen molar-refractivity contribution >= 4 is 56.9 Å². The number of H-pyrrole nitrogens is 1. The molecule has 13 heteroatoms. The Bertz CT molecular complexity index is 1400. The number of aliphatic carboxylic acids is 1. The fourth-order valence-corrected chi connectivity index (χ4v) is 4.82. The lowest BCUT2D eigenvalue weighted by Crippen LogP contribution is -2.38.